The Hall–Kier alpha value is -1.72. The molecule has 0 aliphatic carbocycles. The van der Waals surface area contributed by atoms with Gasteiger partial charge < -0.3 is 5.11 Å². The number of β-amino-alcohol motifs (C(OH)–C–C–N with tert-alkyl or cyclic N) is 1. The molecule has 2 atom stereocenters. The quantitative estimate of drug-likeness (QED) is 0.866. The molecule has 28 heavy (non-hydrogen) atoms. The molecule has 0 bridgehead atoms. The lowest BCUT2D eigenvalue weighted by atomic mass is 9.83. The average Bonchev–Trinajstić information content (AvgIpc) is 3.07. The summed E-state index contributed by atoms with van der Waals surface area (Å²) in [6, 6.07) is 22.1. The maximum absolute atomic E-state index is 10.3. The number of piperazine rings is 1. The first-order chi connectivity index (χ1) is 13.7. The van der Waals surface area contributed by atoms with Crippen LogP contribution in [0.4, 0.5) is 0 Å². The van der Waals surface area contributed by atoms with Crippen LogP contribution < -0.4 is 0 Å². The van der Waals surface area contributed by atoms with Crippen molar-refractivity contribution in [3.63, 3.8) is 0 Å². The van der Waals surface area contributed by atoms with Crippen LogP contribution in [0.5, 0.6) is 0 Å². The van der Waals surface area contributed by atoms with Gasteiger partial charge in [-0.25, -0.2) is 0 Å². The fourth-order valence-electron chi connectivity index (χ4n) is 5.64. The van der Waals surface area contributed by atoms with Crippen molar-refractivity contribution in [1.29, 1.82) is 0 Å². The molecule has 0 amide bonds. The summed E-state index contributed by atoms with van der Waals surface area (Å²) in [6.07, 6.45) is 1.89. The molecule has 1 N–H and O–H groups in total. The molecule has 0 saturated carbocycles. The van der Waals surface area contributed by atoms with E-state index in [1.807, 2.05) is 0 Å². The highest BCUT2D eigenvalue weighted by Gasteiger charge is 2.55. The number of hydrogen-bond acceptors (Lipinski definition) is 4. The van der Waals surface area contributed by atoms with E-state index < -0.39 is 0 Å². The number of hydrogen-bond donors (Lipinski definition) is 1. The minimum Gasteiger partial charge on any atom is -0.392 e. The van der Waals surface area contributed by atoms with Gasteiger partial charge >= 0.3 is 0 Å². The molecule has 0 unspecified atom stereocenters. The van der Waals surface area contributed by atoms with Crippen LogP contribution >= 0.6 is 0 Å². The van der Waals surface area contributed by atoms with Crippen molar-refractivity contribution in [2.75, 3.05) is 39.3 Å². The highest BCUT2D eigenvalue weighted by molar-refractivity contribution is 5.19. The molecule has 2 aromatic rings. The van der Waals surface area contributed by atoms with Crippen LogP contribution in [-0.2, 0) is 13.0 Å². The molecule has 3 saturated heterocycles. The maximum atomic E-state index is 10.3. The summed E-state index contributed by atoms with van der Waals surface area (Å²) >= 11 is 0. The summed E-state index contributed by atoms with van der Waals surface area (Å²) < 4.78 is 0. The summed E-state index contributed by atoms with van der Waals surface area (Å²) in [5, 5.41) is 10.3. The molecule has 4 heteroatoms. The summed E-state index contributed by atoms with van der Waals surface area (Å²) in [6.45, 7) is 7.48. The third kappa shape index (κ3) is 3.62. The van der Waals surface area contributed by atoms with Gasteiger partial charge in [0.25, 0.3) is 0 Å². The van der Waals surface area contributed by atoms with Crippen LogP contribution in [0.3, 0.4) is 0 Å². The Morgan fingerprint density at radius 3 is 2.18 bits per heavy atom. The van der Waals surface area contributed by atoms with Crippen LogP contribution in [-0.4, -0.2) is 76.8 Å². The number of likely N-dealkylation sites (tertiary alicyclic amines) is 1. The van der Waals surface area contributed by atoms with E-state index >= 15 is 0 Å². The lowest BCUT2D eigenvalue weighted by molar-refractivity contribution is -0.116. The Morgan fingerprint density at radius 2 is 1.46 bits per heavy atom. The van der Waals surface area contributed by atoms with E-state index in [9.17, 15) is 5.11 Å². The molecular formula is C24H31N3O. The molecule has 1 spiro atoms. The zero-order chi connectivity index (χ0) is 19.0. The van der Waals surface area contributed by atoms with Gasteiger partial charge in [0.15, 0.2) is 0 Å². The SMILES string of the molecule is O[C@@H]1C[C@H]2CN(CCc3ccccc3)CC3(CN(Cc4ccccc4)C3)N2C1. The van der Waals surface area contributed by atoms with Gasteiger partial charge in [-0.05, 0) is 24.0 Å². The van der Waals surface area contributed by atoms with Gasteiger partial charge in [0.2, 0.25) is 0 Å². The minimum atomic E-state index is -0.154. The summed E-state index contributed by atoms with van der Waals surface area (Å²) in [4.78, 5) is 7.88. The lowest BCUT2D eigenvalue weighted by Gasteiger charge is -2.61. The van der Waals surface area contributed by atoms with Crippen molar-refractivity contribution in [3.8, 4) is 0 Å². The van der Waals surface area contributed by atoms with Crippen LogP contribution in [0.15, 0.2) is 60.7 Å². The highest BCUT2D eigenvalue weighted by atomic mass is 16.3. The van der Waals surface area contributed by atoms with Gasteiger partial charge in [0, 0.05) is 51.9 Å². The van der Waals surface area contributed by atoms with E-state index in [1.165, 1.54) is 11.1 Å². The highest BCUT2D eigenvalue weighted by Crippen LogP contribution is 2.39. The third-order valence-electron chi connectivity index (χ3n) is 6.83. The van der Waals surface area contributed by atoms with E-state index in [2.05, 4.69) is 75.4 Å². The van der Waals surface area contributed by atoms with Gasteiger partial charge in [-0.1, -0.05) is 60.7 Å². The monoisotopic (exact) mass is 377 g/mol. The van der Waals surface area contributed by atoms with Crippen molar-refractivity contribution in [2.24, 2.45) is 0 Å². The summed E-state index contributed by atoms with van der Waals surface area (Å²) in [5.74, 6) is 0. The topological polar surface area (TPSA) is 30.0 Å². The molecule has 148 valence electrons. The van der Waals surface area contributed by atoms with Gasteiger partial charge in [0.1, 0.15) is 0 Å². The van der Waals surface area contributed by atoms with Crippen molar-refractivity contribution < 1.29 is 5.11 Å². The Labute approximate surface area is 168 Å². The number of nitrogens with zero attached hydrogens (tertiary/aromatic N) is 3. The minimum absolute atomic E-state index is 0.154. The number of aliphatic hydroxyl groups is 1. The largest absolute Gasteiger partial charge is 0.392 e. The first-order valence-corrected chi connectivity index (χ1v) is 10.7. The maximum Gasteiger partial charge on any atom is 0.0682 e. The molecule has 5 rings (SSSR count). The first kappa shape index (κ1) is 18.3. The van der Waals surface area contributed by atoms with E-state index in [4.69, 9.17) is 0 Å². The zero-order valence-electron chi connectivity index (χ0n) is 16.6. The fraction of sp³-hybridized carbons (Fsp3) is 0.500. The van der Waals surface area contributed by atoms with Gasteiger partial charge in [-0.15, -0.1) is 0 Å². The Kier molecular flexibility index (Phi) is 4.97. The smallest absolute Gasteiger partial charge is 0.0682 e. The fourth-order valence-corrected chi connectivity index (χ4v) is 5.64. The molecule has 3 fully saturated rings. The number of benzene rings is 2. The van der Waals surface area contributed by atoms with Gasteiger partial charge in [-0.3, -0.25) is 14.7 Å². The van der Waals surface area contributed by atoms with Crippen LogP contribution in [0, 0.1) is 0 Å². The van der Waals surface area contributed by atoms with Crippen molar-refractivity contribution in [1.82, 2.24) is 14.7 Å². The van der Waals surface area contributed by atoms with E-state index in [0.29, 0.717) is 6.04 Å². The third-order valence-corrected chi connectivity index (χ3v) is 6.83. The van der Waals surface area contributed by atoms with E-state index in [0.717, 1.165) is 58.7 Å². The van der Waals surface area contributed by atoms with Crippen molar-refractivity contribution in [2.45, 2.75) is 37.1 Å². The van der Waals surface area contributed by atoms with Gasteiger partial charge in [0.05, 0.1) is 11.6 Å². The zero-order valence-corrected chi connectivity index (χ0v) is 16.6. The second-order valence-electron chi connectivity index (χ2n) is 9.02. The van der Waals surface area contributed by atoms with E-state index in [1.54, 1.807) is 0 Å². The standard InChI is InChI=1S/C24H31N3O/c28-23-13-22-15-25(12-11-20-7-3-1-4-8-20)17-24(27(22)16-23)18-26(19-24)14-21-9-5-2-6-10-21/h1-10,22-23,28H,11-19H2/t22-,23+/m0/s1. The predicted molar refractivity (Wildman–Crippen MR) is 112 cm³/mol. The molecule has 4 nitrogen and oxygen atoms in total. The van der Waals surface area contributed by atoms with Crippen molar-refractivity contribution in [3.05, 3.63) is 71.8 Å². The number of aliphatic hydroxyl groups excluding tert-OH is 1. The molecular weight excluding hydrogens is 346 g/mol. The number of fused-ring (bicyclic) bond motifs is 2. The second-order valence-corrected chi connectivity index (χ2v) is 9.02. The van der Waals surface area contributed by atoms with Crippen LogP contribution in [0.1, 0.15) is 17.5 Å². The van der Waals surface area contributed by atoms with Gasteiger partial charge in [-0.2, -0.15) is 0 Å². The Balaban J connectivity index is 1.25. The van der Waals surface area contributed by atoms with Crippen LogP contribution in [0.2, 0.25) is 0 Å². The molecule has 2 aromatic carbocycles. The summed E-state index contributed by atoms with van der Waals surface area (Å²) in [7, 11) is 0. The first-order valence-electron chi connectivity index (χ1n) is 10.7. The van der Waals surface area contributed by atoms with Crippen molar-refractivity contribution >= 4 is 0 Å². The molecule has 3 aliphatic rings. The molecule has 0 radical (unpaired) electrons. The number of rotatable bonds is 5. The normalized spacial score (nSPS) is 27.6. The molecule has 3 aliphatic heterocycles. The van der Waals surface area contributed by atoms with E-state index in [-0.39, 0.29) is 11.6 Å². The van der Waals surface area contributed by atoms with Crippen LogP contribution in [0.25, 0.3) is 0 Å². The predicted octanol–water partition coefficient (Wildman–Crippen LogP) is 2.23. The lowest BCUT2D eigenvalue weighted by Crippen LogP contribution is -2.77. The summed E-state index contributed by atoms with van der Waals surface area (Å²) in [5.41, 5.74) is 3.04. The second kappa shape index (κ2) is 7.60. The Morgan fingerprint density at radius 1 is 0.821 bits per heavy atom. The average molecular weight is 378 g/mol. The molecule has 0 aromatic heterocycles. The molecule has 3 heterocycles. The Bertz CT molecular complexity index is 775.